The van der Waals surface area contributed by atoms with Crippen molar-refractivity contribution in [1.82, 2.24) is 0 Å². The molecule has 1 aromatic carbocycles. The second-order valence-electron chi connectivity index (χ2n) is 10.2. The normalized spacial score (nSPS) is 27.7. The van der Waals surface area contributed by atoms with Crippen molar-refractivity contribution in [1.29, 1.82) is 0 Å². The van der Waals surface area contributed by atoms with Gasteiger partial charge in [-0.2, -0.15) is 34.8 Å². The summed E-state index contributed by atoms with van der Waals surface area (Å²) in [4.78, 5) is 26.0. The van der Waals surface area contributed by atoms with Crippen LogP contribution in [0.25, 0.3) is 0 Å². The van der Waals surface area contributed by atoms with Crippen molar-refractivity contribution in [2.75, 3.05) is 5.75 Å². The number of rotatable bonds is 6. The van der Waals surface area contributed by atoms with E-state index >= 15 is 0 Å². The van der Waals surface area contributed by atoms with E-state index in [4.69, 9.17) is 9.29 Å². The van der Waals surface area contributed by atoms with Crippen molar-refractivity contribution in [3.8, 4) is 5.75 Å². The topological polar surface area (TPSA) is 107 Å². The fraction of sp³-hybridized carbons (Fsp3) is 0.636. The molecule has 4 aliphatic rings. The van der Waals surface area contributed by atoms with E-state index in [1.54, 1.807) is 22.6 Å². The molecule has 0 unspecified atom stereocenters. The molecule has 0 radical (unpaired) electrons. The highest BCUT2D eigenvalue weighted by Gasteiger charge is 2.76. The van der Waals surface area contributed by atoms with Gasteiger partial charge < -0.3 is 9.47 Å². The molecule has 5 rings (SSSR count). The molecule has 206 valence electrons. The highest BCUT2D eigenvalue weighted by Crippen LogP contribution is 2.60. The number of hydrogen-bond donors (Lipinski definition) is 1. The number of halogens is 7. The lowest BCUT2D eigenvalue weighted by Gasteiger charge is -2.55. The van der Waals surface area contributed by atoms with Crippen LogP contribution in [-0.2, 0) is 19.6 Å². The van der Waals surface area contributed by atoms with Crippen molar-refractivity contribution in [3.05, 3.63) is 27.3 Å². The van der Waals surface area contributed by atoms with Gasteiger partial charge in [0.15, 0.2) is 0 Å². The summed E-state index contributed by atoms with van der Waals surface area (Å²) >= 11 is 1.74. The van der Waals surface area contributed by atoms with Gasteiger partial charge in [-0.25, -0.2) is 4.79 Å². The van der Waals surface area contributed by atoms with E-state index in [9.17, 15) is 44.3 Å². The number of carbonyl (C=O) groups is 2. The van der Waals surface area contributed by atoms with Crippen molar-refractivity contribution < 1.29 is 58.4 Å². The Balaban J connectivity index is 1.67. The Hall–Kier alpha value is -1.62. The summed E-state index contributed by atoms with van der Waals surface area (Å²) in [5, 5.41) is 0. The van der Waals surface area contributed by atoms with E-state index in [0.717, 1.165) is 37.5 Å². The minimum absolute atomic E-state index is 0.318. The fourth-order valence-electron chi connectivity index (χ4n) is 6.26. The van der Waals surface area contributed by atoms with E-state index in [0.29, 0.717) is 40.6 Å². The van der Waals surface area contributed by atoms with Gasteiger partial charge in [-0.1, -0.05) is 0 Å². The second-order valence-corrected chi connectivity index (χ2v) is 12.9. The molecule has 0 atom stereocenters. The minimum atomic E-state index is -6.48. The van der Waals surface area contributed by atoms with Crippen LogP contribution in [0, 0.1) is 26.7 Å². The Labute approximate surface area is 221 Å². The van der Waals surface area contributed by atoms with Crippen LogP contribution >= 0.6 is 22.6 Å². The van der Waals surface area contributed by atoms with Gasteiger partial charge in [0.1, 0.15) is 17.1 Å². The quantitative estimate of drug-likeness (QED) is 0.144. The molecule has 37 heavy (non-hydrogen) atoms. The number of esters is 2. The molecular formula is C22H21F6IO7S. The standard InChI is InChI=1S/C22H21F6IO7S/c23-21(24,25)20(22(26,27)28,10-37(32,33)34)36-17(30)15-2-1-14(29)6-16(15)35-18(31)19-7-11-3-12(8-19)5-13(4-11)9-19/h1-2,6,11-13H,3-5,7-10H2,(H,32,33,34). The molecule has 0 spiro atoms. The van der Waals surface area contributed by atoms with Crippen LogP contribution in [0.2, 0.25) is 0 Å². The molecule has 4 saturated carbocycles. The lowest BCUT2D eigenvalue weighted by atomic mass is 9.49. The number of hydrogen-bond acceptors (Lipinski definition) is 6. The highest BCUT2D eigenvalue weighted by molar-refractivity contribution is 14.1. The number of alkyl halides is 6. The lowest BCUT2D eigenvalue weighted by Crippen LogP contribution is -2.63. The van der Waals surface area contributed by atoms with Crippen LogP contribution in [0.15, 0.2) is 18.2 Å². The molecule has 7 nitrogen and oxygen atoms in total. The third-order valence-electron chi connectivity index (χ3n) is 7.41. The summed E-state index contributed by atoms with van der Waals surface area (Å²) in [5.41, 5.74) is -7.37. The molecule has 0 aliphatic heterocycles. The Morgan fingerprint density at radius 3 is 1.89 bits per heavy atom. The summed E-state index contributed by atoms with van der Waals surface area (Å²) < 4.78 is 122. The summed E-state index contributed by atoms with van der Waals surface area (Å²) in [6.45, 7) is 0. The molecule has 0 saturated heterocycles. The van der Waals surface area contributed by atoms with Crippen LogP contribution in [0.5, 0.6) is 5.75 Å². The summed E-state index contributed by atoms with van der Waals surface area (Å²) in [5.74, 6) is -5.62. The molecule has 4 bridgehead atoms. The van der Waals surface area contributed by atoms with Gasteiger partial charge in [-0.15, -0.1) is 0 Å². The first-order valence-electron chi connectivity index (χ1n) is 11.2. The molecule has 15 heteroatoms. The summed E-state index contributed by atoms with van der Waals surface area (Å²) in [6.07, 6.45) is -8.37. The van der Waals surface area contributed by atoms with Crippen LogP contribution in [0.4, 0.5) is 26.3 Å². The SMILES string of the molecule is O=C(OC(CS(=O)(=O)O)(C(F)(F)F)C(F)(F)F)c1ccc(I)cc1OC(=O)C12CC3CC(CC(C3)C1)C2. The van der Waals surface area contributed by atoms with Gasteiger partial charge >= 0.3 is 29.9 Å². The molecule has 0 heterocycles. The maximum atomic E-state index is 13.6. The molecule has 4 fully saturated rings. The number of ether oxygens (including phenoxy) is 2. The van der Waals surface area contributed by atoms with Crippen molar-refractivity contribution >= 4 is 44.6 Å². The predicted molar refractivity (Wildman–Crippen MR) is 122 cm³/mol. The van der Waals surface area contributed by atoms with E-state index in [-0.39, 0.29) is 0 Å². The van der Waals surface area contributed by atoms with Crippen molar-refractivity contribution in [2.45, 2.75) is 56.5 Å². The predicted octanol–water partition coefficient (Wildman–Crippen LogP) is 5.32. The van der Waals surface area contributed by atoms with E-state index in [2.05, 4.69) is 4.74 Å². The molecule has 1 aromatic rings. The first-order valence-corrected chi connectivity index (χ1v) is 13.9. The molecule has 0 amide bonds. The minimum Gasteiger partial charge on any atom is -0.434 e. The van der Waals surface area contributed by atoms with Crippen LogP contribution < -0.4 is 4.74 Å². The first-order chi connectivity index (χ1) is 16.8. The van der Waals surface area contributed by atoms with Gasteiger partial charge in [-0.05, 0) is 97.1 Å². The largest absolute Gasteiger partial charge is 0.438 e. The zero-order valence-corrected chi connectivity index (χ0v) is 21.8. The zero-order valence-electron chi connectivity index (χ0n) is 18.9. The third kappa shape index (κ3) is 5.44. The Bertz CT molecular complexity index is 1160. The van der Waals surface area contributed by atoms with Gasteiger partial charge in [0.25, 0.3) is 10.1 Å². The van der Waals surface area contributed by atoms with Crippen LogP contribution in [0.1, 0.15) is 48.9 Å². The Morgan fingerprint density at radius 1 is 0.973 bits per heavy atom. The van der Waals surface area contributed by atoms with Gasteiger partial charge in [-0.3, -0.25) is 9.35 Å². The van der Waals surface area contributed by atoms with E-state index < -0.39 is 62.5 Å². The van der Waals surface area contributed by atoms with Crippen LogP contribution in [0.3, 0.4) is 0 Å². The Kier molecular flexibility index (Phi) is 7.09. The molecular weight excluding hydrogens is 649 g/mol. The summed E-state index contributed by atoms with van der Waals surface area (Å²) in [7, 11) is -5.94. The van der Waals surface area contributed by atoms with E-state index in [1.165, 1.54) is 0 Å². The highest BCUT2D eigenvalue weighted by atomic mass is 127. The van der Waals surface area contributed by atoms with E-state index in [1.807, 2.05) is 0 Å². The van der Waals surface area contributed by atoms with Gasteiger partial charge in [0, 0.05) is 3.57 Å². The third-order valence-corrected chi connectivity index (χ3v) is 8.85. The Morgan fingerprint density at radius 2 is 1.46 bits per heavy atom. The van der Waals surface area contributed by atoms with Crippen LogP contribution in [-0.4, -0.2) is 48.6 Å². The maximum Gasteiger partial charge on any atom is 0.438 e. The fourth-order valence-corrected chi connectivity index (χ4v) is 7.62. The van der Waals surface area contributed by atoms with Gasteiger partial charge in [0.05, 0.1) is 5.41 Å². The van der Waals surface area contributed by atoms with Crippen molar-refractivity contribution in [3.63, 3.8) is 0 Å². The maximum absolute atomic E-state index is 13.6. The lowest BCUT2D eigenvalue weighted by molar-refractivity contribution is -0.356. The van der Waals surface area contributed by atoms with Gasteiger partial charge in [0.2, 0.25) is 0 Å². The molecule has 0 aromatic heterocycles. The molecule has 1 N–H and O–H groups in total. The van der Waals surface area contributed by atoms with Crippen molar-refractivity contribution in [2.24, 2.45) is 23.2 Å². The smallest absolute Gasteiger partial charge is 0.434 e. The number of benzene rings is 1. The first kappa shape index (κ1) is 28.4. The average Bonchev–Trinajstić information content (AvgIpc) is 2.69. The molecule has 4 aliphatic carbocycles. The number of carbonyl (C=O) groups excluding carboxylic acids is 2. The second kappa shape index (κ2) is 9.24. The monoisotopic (exact) mass is 670 g/mol. The zero-order chi connectivity index (χ0) is 27.6. The average molecular weight is 670 g/mol. The summed E-state index contributed by atoms with van der Waals surface area (Å²) in [6, 6.07) is 3.06.